The van der Waals surface area contributed by atoms with E-state index >= 15 is 0 Å². The number of nitrogens with zero attached hydrogens (tertiary/aromatic N) is 2. The summed E-state index contributed by atoms with van der Waals surface area (Å²) in [7, 11) is 0. The number of hydrogen-bond donors (Lipinski definition) is 1. The van der Waals surface area contributed by atoms with Crippen LogP contribution in [0.5, 0.6) is 0 Å². The number of carbonyl (C=O) groups excluding carboxylic acids is 3. The first-order valence-corrected chi connectivity index (χ1v) is 10.8. The fourth-order valence-electron chi connectivity index (χ4n) is 4.53. The molecule has 4 rings (SSSR count). The first-order valence-electron chi connectivity index (χ1n) is 10.8. The highest BCUT2D eigenvalue weighted by molar-refractivity contribution is 6.13. The maximum atomic E-state index is 13.8. The second-order valence-electron chi connectivity index (χ2n) is 8.16. The molecule has 0 atom stereocenters. The van der Waals surface area contributed by atoms with Crippen LogP contribution in [0.3, 0.4) is 0 Å². The fraction of sp³-hybridized carbons (Fsp3) is 0.269. The van der Waals surface area contributed by atoms with Crippen LogP contribution in [0, 0.1) is 13.8 Å². The number of benzene rings is 2. The molecule has 6 nitrogen and oxygen atoms in total. The van der Waals surface area contributed by atoms with Gasteiger partial charge in [0.2, 0.25) is 0 Å². The minimum atomic E-state index is -1.36. The molecule has 32 heavy (non-hydrogen) atoms. The number of rotatable bonds is 7. The van der Waals surface area contributed by atoms with Crippen molar-refractivity contribution in [2.24, 2.45) is 0 Å². The van der Waals surface area contributed by atoms with Crippen LogP contribution in [0.1, 0.15) is 46.2 Å². The summed E-state index contributed by atoms with van der Waals surface area (Å²) < 4.78 is 2.09. The lowest BCUT2D eigenvalue weighted by molar-refractivity contribution is -0.129. The van der Waals surface area contributed by atoms with Gasteiger partial charge < -0.3 is 9.88 Å². The monoisotopic (exact) mass is 429 g/mol. The minimum Gasteiger partial charge on any atom is -0.348 e. The minimum absolute atomic E-state index is 0.249. The Morgan fingerprint density at radius 2 is 1.50 bits per heavy atom. The van der Waals surface area contributed by atoms with Crippen molar-refractivity contribution in [3.8, 4) is 0 Å². The van der Waals surface area contributed by atoms with E-state index in [1.165, 1.54) is 0 Å². The summed E-state index contributed by atoms with van der Waals surface area (Å²) in [6.07, 6.45) is 0.952. The Morgan fingerprint density at radius 1 is 0.938 bits per heavy atom. The van der Waals surface area contributed by atoms with Crippen molar-refractivity contribution >= 4 is 17.7 Å². The van der Waals surface area contributed by atoms with Gasteiger partial charge in [-0.2, -0.15) is 0 Å². The average molecular weight is 430 g/mol. The number of hydrogen-bond acceptors (Lipinski definition) is 3. The van der Waals surface area contributed by atoms with E-state index in [2.05, 4.69) is 16.8 Å². The number of ketones is 1. The summed E-state index contributed by atoms with van der Waals surface area (Å²) in [5.74, 6) is -0.698. The maximum Gasteiger partial charge on any atom is 0.325 e. The van der Waals surface area contributed by atoms with Gasteiger partial charge in [-0.05, 0) is 37.5 Å². The molecule has 1 aliphatic heterocycles. The van der Waals surface area contributed by atoms with Crippen LogP contribution in [0.2, 0.25) is 0 Å². The second kappa shape index (κ2) is 8.46. The van der Waals surface area contributed by atoms with Crippen molar-refractivity contribution in [3.63, 3.8) is 0 Å². The molecule has 164 valence electrons. The van der Waals surface area contributed by atoms with Crippen molar-refractivity contribution in [1.29, 1.82) is 0 Å². The van der Waals surface area contributed by atoms with Gasteiger partial charge in [0.25, 0.3) is 5.91 Å². The Morgan fingerprint density at radius 3 is 2.03 bits per heavy atom. The van der Waals surface area contributed by atoms with E-state index < -0.39 is 17.5 Å². The molecule has 2 aromatic carbocycles. The van der Waals surface area contributed by atoms with Crippen LogP contribution in [0.15, 0.2) is 66.7 Å². The fourth-order valence-corrected chi connectivity index (χ4v) is 4.53. The molecule has 0 radical (unpaired) electrons. The smallest absolute Gasteiger partial charge is 0.325 e. The van der Waals surface area contributed by atoms with E-state index in [4.69, 9.17) is 0 Å². The number of aryl methyl sites for hydroxylation is 1. The summed E-state index contributed by atoms with van der Waals surface area (Å²) in [5, 5.41) is 2.89. The van der Waals surface area contributed by atoms with Crippen LogP contribution in [0.4, 0.5) is 4.79 Å². The average Bonchev–Trinajstić information content (AvgIpc) is 3.23. The molecule has 0 unspecified atom stereocenters. The molecule has 2 heterocycles. The molecule has 1 saturated heterocycles. The molecule has 1 fully saturated rings. The highest BCUT2D eigenvalue weighted by Gasteiger charge is 2.54. The van der Waals surface area contributed by atoms with Gasteiger partial charge in [-0.1, -0.05) is 67.6 Å². The van der Waals surface area contributed by atoms with E-state index in [1.807, 2.05) is 80.6 Å². The highest BCUT2D eigenvalue weighted by Crippen LogP contribution is 2.36. The standard InChI is InChI=1S/C26H27N3O3/c1-4-15-28-18(2)16-22(19(28)3)23(30)17-29-24(31)26(27-25(29)32,20-11-7-5-8-12-20)21-13-9-6-10-14-21/h5-14,16H,4,15,17H2,1-3H3,(H,27,32). The zero-order valence-electron chi connectivity index (χ0n) is 18.6. The number of aromatic nitrogens is 1. The van der Waals surface area contributed by atoms with Crippen molar-refractivity contribution < 1.29 is 14.4 Å². The SMILES string of the molecule is CCCn1c(C)cc(C(=O)CN2C(=O)NC(c3ccccc3)(c3ccccc3)C2=O)c1C. The van der Waals surface area contributed by atoms with Gasteiger partial charge in [-0.25, -0.2) is 4.79 Å². The third kappa shape index (κ3) is 3.42. The molecular weight excluding hydrogens is 402 g/mol. The van der Waals surface area contributed by atoms with E-state index in [9.17, 15) is 14.4 Å². The lowest BCUT2D eigenvalue weighted by atomic mass is 9.82. The molecular formula is C26H27N3O3. The number of carbonyl (C=O) groups is 3. The summed E-state index contributed by atoms with van der Waals surface area (Å²) in [6, 6.07) is 19.6. The van der Waals surface area contributed by atoms with Gasteiger partial charge in [0.1, 0.15) is 0 Å². The zero-order chi connectivity index (χ0) is 22.9. The Hall–Kier alpha value is -3.67. The predicted octanol–water partition coefficient (Wildman–Crippen LogP) is 4.19. The maximum absolute atomic E-state index is 13.8. The third-order valence-electron chi connectivity index (χ3n) is 6.14. The molecule has 1 N–H and O–H groups in total. The molecule has 0 bridgehead atoms. The summed E-state index contributed by atoms with van der Waals surface area (Å²) >= 11 is 0. The van der Waals surface area contributed by atoms with Crippen LogP contribution in [-0.2, 0) is 16.9 Å². The molecule has 0 saturated carbocycles. The van der Waals surface area contributed by atoms with E-state index in [1.54, 1.807) is 0 Å². The number of Topliss-reactive ketones (excluding diaryl/α,β-unsaturated/α-hetero) is 1. The van der Waals surface area contributed by atoms with E-state index in [-0.39, 0.29) is 12.3 Å². The van der Waals surface area contributed by atoms with Crippen molar-refractivity contribution in [2.75, 3.05) is 6.54 Å². The Balaban J connectivity index is 1.70. The summed E-state index contributed by atoms with van der Waals surface area (Å²) in [6.45, 7) is 6.46. The quantitative estimate of drug-likeness (QED) is 0.452. The topological polar surface area (TPSA) is 71.4 Å². The molecule has 0 aliphatic carbocycles. The van der Waals surface area contributed by atoms with Gasteiger partial charge in [0.15, 0.2) is 11.3 Å². The van der Waals surface area contributed by atoms with Crippen LogP contribution in [-0.4, -0.2) is 33.7 Å². The molecule has 3 aromatic rings. The van der Waals surface area contributed by atoms with Gasteiger partial charge in [-0.15, -0.1) is 0 Å². The number of urea groups is 1. The molecule has 1 aliphatic rings. The molecule has 0 spiro atoms. The molecule has 3 amide bonds. The predicted molar refractivity (Wildman–Crippen MR) is 122 cm³/mol. The first-order chi connectivity index (χ1) is 15.4. The van der Waals surface area contributed by atoms with Crippen LogP contribution in [0.25, 0.3) is 0 Å². The number of nitrogens with one attached hydrogen (secondary N) is 1. The van der Waals surface area contributed by atoms with Gasteiger partial charge in [0, 0.05) is 23.5 Å². The Labute approximate surface area is 187 Å². The third-order valence-corrected chi connectivity index (χ3v) is 6.14. The van der Waals surface area contributed by atoms with E-state index in [0.29, 0.717) is 16.7 Å². The van der Waals surface area contributed by atoms with Gasteiger partial charge in [0.05, 0.1) is 6.54 Å². The zero-order valence-corrected chi connectivity index (χ0v) is 18.6. The first kappa shape index (κ1) is 21.6. The van der Waals surface area contributed by atoms with E-state index in [0.717, 1.165) is 29.3 Å². The molecule has 1 aromatic heterocycles. The van der Waals surface area contributed by atoms with Crippen LogP contribution >= 0.6 is 0 Å². The number of amides is 3. The lowest BCUT2D eigenvalue weighted by Crippen LogP contribution is -2.45. The van der Waals surface area contributed by atoms with Gasteiger partial charge >= 0.3 is 6.03 Å². The summed E-state index contributed by atoms with van der Waals surface area (Å²) in [4.78, 5) is 41.0. The lowest BCUT2D eigenvalue weighted by Gasteiger charge is -2.28. The van der Waals surface area contributed by atoms with Gasteiger partial charge in [-0.3, -0.25) is 14.5 Å². The normalized spacial score (nSPS) is 15.2. The highest BCUT2D eigenvalue weighted by atomic mass is 16.2. The van der Waals surface area contributed by atoms with Crippen molar-refractivity contribution in [1.82, 2.24) is 14.8 Å². The largest absolute Gasteiger partial charge is 0.348 e. The second-order valence-corrected chi connectivity index (χ2v) is 8.16. The summed E-state index contributed by atoms with van der Waals surface area (Å²) in [5.41, 5.74) is 2.35. The molecule has 6 heteroatoms. The van der Waals surface area contributed by atoms with Crippen molar-refractivity contribution in [2.45, 2.75) is 39.3 Å². The van der Waals surface area contributed by atoms with Crippen LogP contribution < -0.4 is 5.32 Å². The number of imide groups is 1. The Kier molecular flexibility index (Phi) is 5.70. The van der Waals surface area contributed by atoms with Crippen molar-refractivity contribution in [3.05, 3.63) is 94.8 Å². The Bertz CT molecular complexity index is 1130.